The van der Waals surface area contributed by atoms with Gasteiger partial charge in [-0.1, -0.05) is 0 Å². The molecular weight excluding hydrogens is 256 g/mol. The summed E-state index contributed by atoms with van der Waals surface area (Å²) in [5.41, 5.74) is 0. The molecule has 0 aromatic rings. The largest absolute Gasteiger partial charge is 0.347 e. The molecule has 2 aliphatic heterocycles. The van der Waals surface area contributed by atoms with E-state index < -0.39 is 0 Å². The maximum absolute atomic E-state index is 6.14. The van der Waals surface area contributed by atoms with Crippen LogP contribution in [0, 0.1) is 5.92 Å². The van der Waals surface area contributed by atoms with Crippen molar-refractivity contribution in [1.29, 1.82) is 0 Å². The van der Waals surface area contributed by atoms with E-state index >= 15 is 0 Å². The molecule has 4 heteroatoms. The average Bonchev–Trinajstić information content (AvgIpc) is 2.80. The Morgan fingerprint density at radius 1 is 0.900 bits per heavy atom. The zero-order valence-electron chi connectivity index (χ0n) is 13.1. The summed E-state index contributed by atoms with van der Waals surface area (Å²) in [4.78, 5) is 0. The van der Waals surface area contributed by atoms with E-state index in [0.29, 0.717) is 5.92 Å². The fraction of sp³-hybridized carbons (Fsp3) is 1.00. The maximum atomic E-state index is 6.14. The van der Waals surface area contributed by atoms with Gasteiger partial charge in [-0.2, -0.15) is 0 Å². The molecule has 3 aliphatic rings. The van der Waals surface area contributed by atoms with Gasteiger partial charge in [0.05, 0.1) is 24.4 Å². The lowest BCUT2D eigenvalue weighted by Crippen LogP contribution is -2.38. The first kappa shape index (κ1) is 14.8. The van der Waals surface area contributed by atoms with E-state index in [1.54, 1.807) is 0 Å². The third-order valence-electron chi connectivity index (χ3n) is 5.15. The van der Waals surface area contributed by atoms with E-state index in [1.807, 2.05) is 0 Å². The smallest absolute Gasteiger partial charge is 0.169 e. The molecule has 2 heterocycles. The van der Waals surface area contributed by atoms with Crippen LogP contribution in [-0.2, 0) is 18.9 Å². The molecule has 5 atom stereocenters. The first-order chi connectivity index (χ1) is 9.47. The average molecular weight is 284 g/mol. The van der Waals surface area contributed by atoms with Gasteiger partial charge in [-0.05, 0) is 46.5 Å². The summed E-state index contributed by atoms with van der Waals surface area (Å²) in [5, 5.41) is 0. The minimum absolute atomic E-state index is 0.0450. The number of hydrogen-bond acceptors (Lipinski definition) is 4. The third-order valence-corrected chi connectivity index (χ3v) is 5.15. The van der Waals surface area contributed by atoms with Crippen LogP contribution in [0.1, 0.15) is 59.8 Å². The van der Waals surface area contributed by atoms with E-state index in [-0.39, 0.29) is 36.5 Å². The highest BCUT2D eigenvalue weighted by atomic mass is 16.8. The van der Waals surface area contributed by atoms with Gasteiger partial charge in [-0.3, -0.25) is 0 Å². The van der Waals surface area contributed by atoms with Gasteiger partial charge in [0.1, 0.15) is 0 Å². The molecule has 1 saturated carbocycles. The second-order valence-electron chi connectivity index (χ2n) is 6.87. The molecular formula is C16H28O4. The quantitative estimate of drug-likeness (QED) is 0.780. The monoisotopic (exact) mass is 284 g/mol. The highest BCUT2D eigenvalue weighted by molar-refractivity contribution is 4.88. The van der Waals surface area contributed by atoms with Crippen LogP contribution >= 0.6 is 0 Å². The molecule has 3 rings (SSSR count). The predicted molar refractivity (Wildman–Crippen MR) is 75.3 cm³/mol. The van der Waals surface area contributed by atoms with Crippen LogP contribution in [0.15, 0.2) is 0 Å². The lowest BCUT2D eigenvalue weighted by Gasteiger charge is -2.37. The summed E-state index contributed by atoms with van der Waals surface area (Å²) in [6, 6.07) is 0. The molecule has 0 unspecified atom stereocenters. The van der Waals surface area contributed by atoms with Crippen molar-refractivity contribution < 1.29 is 18.9 Å². The molecule has 20 heavy (non-hydrogen) atoms. The van der Waals surface area contributed by atoms with E-state index in [4.69, 9.17) is 18.9 Å². The SMILES string of the molecule is C[C@H]1OC(C[C@@H]2CCCC3(C2)O[C@H](C)[C@@H](C)O3)O[C@@H]1C. The van der Waals surface area contributed by atoms with Crippen molar-refractivity contribution in [3.8, 4) is 0 Å². The fourth-order valence-corrected chi connectivity index (χ4v) is 3.73. The summed E-state index contributed by atoms with van der Waals surface area (Å²) in [5.74, 6) is 0.237. The van der Waals surface area contributed by atoms with Gasteiger partial charge in [0.15, 0.2) is 12.1 Å². The van der Waals surface area contributed by atoms with E-state index in [2.05, 4.69) is 27.7 Å². The molecule has 3 fully saturated rings. The van der Waals surface area contributed by atoms with Gasteiger partial charge in [-0.15, -0.1) is 0 Å². The van der Waals surface area contributed by atoms with Gasteiger partial charge in [0.2, 0.25) is 0 Å². The van der Waals surface area contributed by atoms with Crippen molar-refractivity contribution in [3.63, 3.8) is 0 Å². The lowest BCUT2D eigenvalue weighted by molar-refractivity contribution is -0.206. The second kappa shape index (κ2) is 5.56. The Labute approximate surface area is 122 Å². The van der Waals surface area contributed by atoms with Crippen molar-refractivity contribution in [1.82, 2.24) is 0 Å². The molecule has 116 valence electrons. The Balaban J connectivity index is 1.56. The molecule has 0 aromatic carbocycles. The summed E-state index contributed by atoms with van der Waals surface area (Å²) in [6.45, 7) is 8.38. The Kier molecular flexibility index (Phi) is 4.10. The summed E-state index contributed by atoms with van der Waals surface area (Å²) in [7, 11) is 0. The summed E-state index contributed by atoms with van der Waals surface area (Å²) in [6.07, 6.45) is 6.13. The first-order valence-electron chi connectivity index (χ1n) is 8.14. The number of ether oxygens (including phenoxy) is 4. The van der Waals surface area contributed by atoms with Crippen LogP contribution in [0.2, 0.25) is 0 Å². The van der Waals surface area contributed by atoms with Gasteiger partial charge in [0.25, 0.3) is 0 Å². The highest BCUT2D eigenvalue weighted by Crippen LogP contribution is 2.44. The standard InChI is InChI=1S/C16H28O4/c1-10-11(2)18-15(17-10)8-14-6-5-7-16(9-14)19-12(3)13(4)20-16/h10-15H,5-9H2,1-4H3/t10-,11-,12-,13-,14+/m1/s1. The number of rotatable bonds is 2. The molecule has 0 aromatic heterocycles. The maximum Gasteiger partial charge on any atom is 0.169 e. The third kappa shape index (κ3) is 2.89. The van der Waals surface area contributed by atoms with E-state index in [9.17, 15) is 0 Å². The molecule has 4 nitrogen and oxygen atoms in total. The molecule has 0 amide bonds. The molecule has 0 bridgehead atoms. The lowest BCUT2D eigenvalue weighted by atomic mass is 9.82. The minimum atomic E-state index is -0.336. The van der Waals surface area contributed by atoms with Crippen LogP contribution in [0.5, 0.6) is 0 Å². The zero-order valence-corrected chi connectivity index (χ0v) is 13.1. The highest BCUT2D eigenvalue weighted by Gasteiger charge is 2.47. The van der Waals surface area contributed by atoms with Crippen LogP contribution in [0.3, 0.4) is 0 Å². The minimum Gasteiger partial charge on any atom is -0.347 e. The predicted octanol–water partition coefficient (Wildman–Crippen LogP) is 3.24. The van der Waals surface area contributed by atoms with Crippen LogP contribution in [-0.4, -0.2) is 36.5 Å². The summed E-state index contributed by atoms with van der Waals surface area (Å²) < 4.78 is 24.0. The fourth-order valence-electron chi connectivity index (χ4n) is 3.73. The van der Waals surface area contributed by atoms with E-state index in [1.165, 1.54) is 12.8 Å². The Hall–Kier alpha value is -0.160. The Morgan fingerprint density at radius 3 is 2.10 bits per heavy atom. The molecule has 1 aliphatic carbocycles. The topological polar surface area (TPSA) is 36.9 Å². The normalized spacial score (nSPS) is 45.3. The molecule has 1 spiro atoms. The van der Waals surface area contributed by atoms with E-state index in [0.717, 1.165) is 19.3 Å². The Morgan fingerprint density at radius 2 is 1.50 bits per heavy atom. The molecule has 0 radical (unpaired) electrons. The van der Waals surface area contributed by atoms with Crippen LogP contribution < -0.4 is 0 Å². The van der Waals surface area contributed by atoms with Gasteiger partial charge < -0.3 is 18.9 Å². The van der Waals surface area contributed by atoms with Crippen LogP contribution in [0.25, 0.3) is 0 Å². The zero-order chi connectivity index (χ0) is 14.3. The first-order valence-corrected chi connectivity index (χ1v) is 8.14. The van der Waals surface area contributed by atoms with Crippen LogP contribution in [0.4, 0.5) is 0 Å². The molecule has 0 N–H and O–H groups in total. The Bertz CT molecular complexity index is 325. The van der Waals surface area contributed by atoms with Gasteiger partial charge >= 0.3 is 0 Å². The summed E-state index contributed by atoms with van der Waals surface area (Å²) >= 11 is 0. The van der Waals surface area contributed by atoms with Crippen molar-refractivity contribution in [2.75, 3.05) is 0 Å². The van der Waals surface area contributed by atoms with Crippen molar-refractivity contribution in [3.05, 3.63) is 0 Å². The van der Waals surface area contributed by atoms with Gasteiger partial charge in [0, 0.05) is 19.3 Å². The van der Waals surface area contributed by atoms with Gasteiger partial charge in [-0.25, -0.2) is 0 Å². The van der Waals surface area contributed by atoms with Crippen molar-refractivity contribution in [2.45, 2.75) is 96.3 Å². The van der Waals surface area contributed by atoms with Crippen molar-refractivity contribution >= 4 is 0 Å². The molecule has 2 saturated heterocycles. The number of hydrogen-bond donors (Lipinski definition) is 0. The second-order valence-corrected chi connectivity index (χ2v) is 6.87. The van der Waals surface area contributed by atoms with Crippen molar-refractivity contribution in [2.24, 2.45) is 5.92 Å².